The molecule has 10 aromatic rings. The fourth-order valence-electron chi connectivity index (χ4n) is 7.45. The highest BCUT2D eigenvalue weighted by Gasteiger charge is 2.15. The molecule has 3 heteroatoms. The van der Waals surface area contributed by atoms with Gasteiger partial charge in [0.2, 0.25) is 5.89 Å². The minimum absolute atomic E-state index is 0.639. The molecule has 1 aromatic heterocycles. The summed E-state index contributed by atoms with van der Waals surface area (Å²) < 4.78 is 6.16. The van der Waals surface area contributed by atoms with Crippen LogP contribution in [0.4, 0.5) is 17.1 Å². The predicted molar refractivity (Wildman–Crippen MR) is 225 cm³/mol. The first-order valence-electron chi connectivity index (χ1n) is 18.3. The lowest BCUT2D eigenvalue weighted by molar-refractivity contribution is 0.620. The van der Waals surface area contributed by atoms with E-state index in [1.807, 2.05) is 36.4 Å². The van der Waals surface area contributed by atoms with Crippen LogP contribution in [-0.4, -0.2) is 4.98 Å². The largest absolute Gasteiger partial charge is 0.436 e. The van der Waals surface area contributed by atoms with Crippen molar-refractivity contribution in [1.29, 1.82) is 0 Å². The molecule has 0 bridgehead atoms. The van der Waals surface area contributed by atoms with Gasteiger partial charge in [0.25, 0.3) is 0 Å². The Morgan fingerprint density at radius 2 is 0.796 bits per heavy atom. The minimum atomic E-state index is 0.639. The second kappa shape index (κ2) is 13.4. The number of hydrogen-bond acceptors (Lipinski definition) is 3. The monoisotopic (exact) mass is 690 g/mol. The third-order valence-electron chi connectivity index (χ3n) is 10.3. The van der Waals surface area contributed by atoms with Crippen LogP contribution in [0.2, 0.25) is 0 Å². The quantitative estimate of drug-likeness (QED) is 0.167. The summed E-state index contributed by atoms with van der Waals surface area (Å²) in [6, 6.07) is 73.0. The lowest BCUT2D eigenvalue weighted by Gasteiger charge is -2.26. The summed E-state index contributed by atoms with van der Waals surface area (Å²) in [6.07, 6.45) is 0. The summed E-state index contributed by atoms with van der Waals surface area (Å²) in [4.78, 5) is 7.22. The number of oxazole rings is 1. The molecule has 0 saturated carbocycles. The zero-order valence-corrected chi connectivity index (χ0v) is 29.4. The summed E-state index contributed by atoms with van der Waals surface area (Å²) >= 11 is 0. The van der Waals surface area contributed by atoms with Gasteiger partial charge in [-0.15, -0.1) is 0 Å². The van der Waals surface area contributed by atoms with E-state index >= 15 is 0 Å². The summed E-state index contributed by atoms with van der Waals surface area (Å²) in [7, 11) is 0. The van der Waals surface area contributed by atoms with E-state index in [1.165, 1.54) is 33.0 Å². The molecule has 0 fully saturated rings. The molecule has 0 aliphatic heterocycles. The molecule has 0 unspecified atom stereocenters. The molecule has 10 rings (SSSR count). The maximum atomic E-state index is 6.16. The summed E-state index contributed by atoms with van der Waals surface area (Å²) in [6.45, 7) is 0. The fourth-order valence-corrected chi connectivity index (χ4v) is 7.45. The third kappa shape index (κ3) is 5.88. The molecule has 0 amide bonds. The van der Waals surface area contributed by atoms with Crippen LogP contribution in [0.25, 0.3) is 77.5 Å². The maximum Gasteiger partial charge on any atom is 0.227 e. The van der Waals surface area contributed by atoms with Crippen molar-refractivity contribution >= 4 is 49.7 Å². The standard InChI is InChI=1S/C51H34N2O/c1-3-10-41(11-4-1)51-52-50-48-34-44(22-20-40(48)27-32-49(50)54-51)38-17-15-36(16-18-38)37-23-28-46(29-24-37)53(45-13-5-2-6-14-45)47-30-25-39(26-31-47)43-21-19-35-9-7-8-12-42(35)33-43/h1-34H. The summed E-state index contributed by atoms with van der Waals surface area (Å²) in [5, 5.41) is 4.73. The lowest BCUT2D eigenvalue weighted by atomic mass is 9.98. The molecular weight excluding hydrogens is 657 g/mol. The van der Waals surface area contributed by atoms with E-state index in [0.29, 0.717) is 5.89 Å². The van der Waals surface area contributed by atoms with Gasteiger partial charge in [-0.05, 0) is 116 Å². The van der Waals surface area contributed by atoms with E-state index in [-0.39, 0.29) is 0 Å². The van der Waals surface area contributed by atoms with Crippen molar-refractivity contribution in [3.8, 4) is 44.8 Å². The van der Waals surface area contributed by atoms with Gasteiger partial charge in [0.1, 0.15) is 5.52 Å². The Balaban J connectivity index is 0.927. The lowest BCUT2D eigenvalue weighted by Crippen LogP contribution is -2.09. The van der Waals surface area contributed by atoms with E-state index in [0.717, 1.165) is 55.6 Å². The van der Waals surface area contributed by atoms with E-state index < -0.39 is 0 Å². The van der Waals surface area contributed by atoms with Crippen LogP contribution in [0.1, 0.15) is 0 Å². The molecule has 254 valence electrons. The Hall–Kier alpha value is -7.23. The Bertz CT molecular complexity index is 2900. The van der Waals surface area contributed by atoms with Crippen LogP contribution in [0.15, 0.2) is 211 Å². The highest BCUT2D eigenvalue weighted by molar-refractivity contribution is 6.05. The predicted octanol–water partition coefficient (Wildman–Crippen LogP) is 14.3. The van der Waals surface area contributed by atoms with Gasteiger partial charge in [-0.1, -0.05) is 140 Å². The average molecular weight is 691 g/mol. The minimum Gasteiger partial charge on any atom is -0.436 e. The van der Waals surface area contributed by atoms with E-state index in [9.17, 15) is 0 Å². The number of hydrogen-bond donors (Lipinski definition) is 0. The Labute approximate surface area is 314 Å². The number of para-hydroxylation sites is 1. The van der Waals surface area contributed by atoms with E-state index in [4.69, 9.17) is 9.40 Å². The Kier molecular flexibility index (Phi) is 7.81. The van der Waals surface area contributed by atoms with Gasteiger partial charge in [-0.2, -0.15) is 0 Å². The third-order valence-corrected chi connectivity index (χ3v) is 10.3. The van der Waals surface area contributed by atoms with Crippen LogP contribution < -0.4 is 4.90 Å². The van der Waals surface area contributed by atoms with Gasteiger partial charge in [0.15, 0.2) is 5.58 Å². The van der Waals surface area contributed by atoms with Gasteiger partial charge in [0.05, 0.1) is 0 Å². The van der Waals surface area contributed by atoms with Crippen LogP contribution >= 0.6 is 0 Å². The SMILES string of the molecule is c1ccc(-c2nc3c(ccc4ccc(-c5ccc(-c6ccc(N(c7ccccc7)c7ccc(-c8ccc9ccccc9c8)cc7)cc6)cc5)cc43)o2)cc1. The number of benzene rings is 9. The van der Waals surface area contributed by atoms with Crippen LogP contribution in [0.5, 0.6) is 0 Å². The molecule has 9 aromatic carbocycles. The van der Waals surface area contributed by atoms with Crippen molar-refractivity contribution in [2.45, 2.75) is 0 Å². The molecule has 54 heavy (non-hydrogen) atoms. The van der Waals surface area contributed by atoms with E-state index in [2.05, 4.69) is 175 Å². The fraction of sp³-hybridized carbons (Fsp3) is 0. The van der Waals surface area contributed by atoms with Crippen molar-refractivity contribution in [1.82, 2.24) is 4.98 Å². The summed E-state index contributed by atoms with van der Waals surface area (Å²) in [5.41, 5.74) is 13.0. The second-order valence-corrected chi connectivity index (χ2v) is 13.6. The van der Waals surface area contributed by atoms with Gasteiger partial charge in [0, 0.05) is 28.0 Å². The molecule has 0 aliphatic rings. The second-order valence-electron chi connectivity index (χ2n) is 13.6. The van der Waals surface area contributed by atoms with Crippen molar-refractivity contribution in [2.75, 3.05) is 4.90 Å². The van der Waals surface area contributed by atoms with Crippen molar-refractivity contribution < 1.29 is 4.42 Å². The normalized spacial score (nSPS) is 11.3. The van der Waals surface area contributed by atoms with Gasteiger partial charge < -0.3 is 9.32 Å². The molecule has 0 spiro atoms. The van der Waals surface area contributed by atoms with Crippen molar-refractivity contribution in [3.05, 3.63) is 206 Å². The number of nitrogens with zero attached hydrogens (tertiary/aromatic N) is 2. The topological polar surface area (TPSA) is 29.3 Å². The zero-order valence-electron chi connectivity index (χ0n) is 29.4. The van der Waals surface area contributed by atoms with Crippen LogP contribution in [0.3, 0.4) is 0 Å². The average Bonchev–Trinajstić information content (AvgIpc) is 3.70. The van der Waals surface area contributed by atoms with Crippen molar-refractivity contribution in [2.24, 2.45) is 0 Å². The molecule has 0 aliphatic carbocycles. The van der Waals surface area contributed by atoms with Gasteiger partial charge in [-0.25, -0.2) is 4.98 Å². The first-order chi connectivity index (χ1) is 26.7. The van der Waals surface area contributed by atoms with Crippen LogP contribution in [-0.2, 0) is 0 Å². The maximum absolute atomic E-state index is 6.16. The van der Waals surface area contributed by atoms with Gasteiger partial charge in [-0.3, -0.25) is 0 Å². The first-order valence-corrected chi connectivity index (χ1v) is 18.3. The first kappa shape index (κ1) is 31.5. The molecular formula is C51H34N2O. The molecule has 0 saturated heterocycles. The van der Waals surface area contributed by atoms with Crippen LogP contribution in [0, 0.1) is 0 Å². The van der Waals surface area contributed by atoms with E-state index in [1.54, 1.807) is 0 Å². The molecule has 3 nitrogen and oxygen atoms in total. The molecule has 0 N–H and O–H groups in total. The Morgan fingerprint density at radius 1 is 0.333 bits per heavy atom. The highest BCUT2D eigenvalue weighted by atomic mass is 16.3. The molecule has 0 radical (unpaired) electrons. The number of fused-ring (bicyclic) bond motifs is 4. The Morgan fingerprint density at radius 3 is 1.44 bits per heavy atom. The molecule has 0 atom stereocenters. The van der Waals surface area contributed by atoms with Gasteiger partial charge >= 0.3 is 0 Å². The number of rotatable bonds is 7. The zero-order chi connectivity index (χ0) is 35.8. The number of anilines is 3. The van der Waals surface area contributed by atoms with Crippen molar-refractivity contribution in [3.63, 3.8) is 0 Å². The highest BCUT2D eigenvalue weighted by Crippen LogP contribution is 2.38. The number of aromatic nitrogens is 1. The molecule has 1 heterocycles. The summed E-state index contributed by atoms with van der Waals surface area (Å²) in [5.74, 6) is 0.639. The smallest absolute Gasteiger partial charge is 0.227 e.